The number of aromatic nitrogens is 1. The second kappa shape index (κ2) is 9.47. The lowest BCUT2D eigenvalue weighted by atomic mass is 10.2. The average molecular weight is 430 g/mol. The van der Waals surface area contributed by atoms with Crippen molar-refractivity contribution in [1.29, 1.82) is 0 Å². The molecule has 8 heteroatoms. The number of ether oxygens (including phenoxy) is 1. The molecule has 7 nitrogen and oxygen atoms in total. The zero-order valence-electron chi connectivity index (χ0n) is 18.4. The van der Waals surface area contributed by atoms with Crippen LogP contribution in [0.15, 0.2) is 35.3 Å². The minimum absolute atomic E-state index is 0.0493. The zero-order valence-corrected chi connectivity index (χ0v) is 19.2. The van der Waals surface area contributed by atoms with Crippen LogP contribution in [0.1, 0.15) is 37.8 Å². The molecular weight excluding hydrogens is 398 g/mol. The highest BCUT2D eigenvalue weighted by molar-refractivity contribution is 7.15. The van der Waals surface area contributed by atoms with Crippen molar-refractivity contribution in [3.63, 3.8) is 0 Å². The van der Waals surface area contributed by atoms with Gasteiger partial charge in [-0.05, 0) is 34.1 Å². The number of carbonyl (C=O) groups is 1. The summed E-state index contributed by atoms with van der Waals surface area (Å²) in [6.07, 6.45) is 0.489. The van der Waals surface area contributed by atoms with Crippen LogP contribution in [0.5, 0.6) is 0 Å². The molecule has 1 aliphatic heterocycles. The molecule has 2 aromatic rings. The number of alkyl carbamates (subject to hydrolysis) is 1. The third kappa shape index (κ3) is 5.95. The first kappa shape index (κ1) is 22.1. The van der Waals surface area contributed by atoms with Crippen LogP contribution in [0.3, 0.4) is 0 Å². The number of guanidine groups is 1. The smallest absolute Gasteiger partial charge is 0.407 e. The molecule has 2 N–H and O–H groups in total. The Morgan fingerprint density at radius 1 is 1.33 bits per heavy atom. The van der Waals surface area contributed by atoms with Gasteiger partial charge in [0.05, 0.1) is 18.3 Å². The van der Waals surface area contributed by atoms with Gasteiger partial charge in [-0.2, -0.15) is 0 Å². The Morgan fingerprint density at radius 2 is 2.07 bits per heavy atom. The van der Waals surface area contributed by atoms with Crippen molar-refractivity contribution in [1.82, 2.24) is 20.5 Å². The second-order valence-corrected chi connectivity index (χ2v) is 9.46. The van der Waals surface area contributed by atoms with Crippen LogP contribution in [0.25, 0.3) is 10.6 Å². The van der Waals surface area contributed by atoms with Crippen molar-refractivity contribution in [2.45, 2.75) is 52.3 Å². The molecule has 1 unspecified atom stereocenters. The molecular formula is C22H31N5O2S. The van der Waals surface area contributed by atoms with E-state index in [4.69, 9.17) is 9.72 Å². The fraction of sp³-hybridized carbons (Fsp3) is 0.500. The van der Waals surface area contributed by atoms with Gasteiger partial charge in [-0.15, -0.1) is 11.3 Å². The Morgan fingerprint density at radius 3 is 2.73 bits per heavy atom. The number of likely N-dealkylation sites (tertiary alicyclic amines) is 1. The molecule has 30 heavy (non-hydrogen) atoms. The van der Waals surface area contributed by atoms with E-state index in [1.165, 1.54) is 4.88 Å². The number of nitrogens with one attached hydrogen (secondary N) is 2. The van der Waals surface area contributed by atoms with Crippen molar-refractivity contribution in [3.8, 4) is 10.6 Å². The first-order chi connectivity index (χ1) is 14.2. The summed E-state index contributed by atoms with van der Waals surface area (Å²) in [5.74, 6) is 0.831. The van der Waals surface area contributed by atoms with Crippen LogP contribution in [0.4, 0.5) is 4.79 Å². The fourth-order valence-corrected chi connectivity index (χ4v) is 4.34. The Balaban J connectivity index is 1.54. The van der Waals surface area contributed by atoms with Crippen LogP contribution in [0.2, 0.25) is 0 Å². The van der Waals surface area contributed by atoms with Crippen LogP contribution in [-0.4, -0.2) is 53.7 Å². The molecule has 0 bridgehead atoms. The lowest BCUT2D eigenvalue weighted by molar-refractivity contribution is 0.0507. The number of nitrogens with zero attached hydrogens (tertiary/aromatic N) is 3. The molecule has 1 fully saturated rings. The lowest BCUT2D eigenvalue weighted by Gasteiger charge is -2.23. The number of benzene rings is 1. The number of aryl methyl sites for hydroxylation is 1. The Bertz CT molecular complexity index is 889. The highest BCUT2D eigenvalue weighted by Gasteiger charge is 2.28. The molecule has 0 spiro atoms. The van der Waals surface area contributed by atoms with E-state index in [9.17, 15) is 4.79 Å². The predicted molar refractivity (Wildman–Crippen MR) is 122 cm³/mol. The molecule has 1 aromatic carbocycles. The first-order valence-electron chi connectivity index (χ1n) is 10.2. The number of carbonyl (C=O) groups excluding carboxylic acids is 1. The van der Waals surface area contributed by atoms with Crippen molar-refractivity contribution >= 4 is 23.4 Å². The number of amides is 1. The molecule has 2 heterocycles. The molecule has 3 rings (SSSR count). The SMILES string of the molecule is CN=C(NCc1sc(-c2ccccc2)nc1C)N1CCC(NC(=O)OC(C)(C)C)C1. The van der Waals surface area contributed by atoms with Gasteiger partial charge in [-0.1, -0.05) is 30.3 Å². The fourth-order valence-electron chi connectivity index (χ4n) is 3.33. The zero-order chi connectivity index (χ0) is 21.7. The van der Waals surface area contributed by atoms with Gasteiger partial charge >= 0.3 is 6.09 Å². The van der Waals surface area contributed by atoms with E-state index in [0.717, 1.165) is 35.2 Å². The van der Waals surface area contributed by atoms with Crippen LogP contribution in [-0.2, 0) is 11.3 Å². The van der Waals surface area contributed by atoms with Crippen molar-refractivity contribution in [2.75, 3.05) is 20.1 Å². The van der Waals surface area contributed by atoms with Gasteiger partial charge in [0.2, 0.25) is 0 Å². The van der Waals surface area contributed by atoms with Gasteiger partial charge in [-0.25, -0.2) is 9.78 Å². The summed E-state index contributed by atoms with van der Waals surface area (Å²) in [7, 11) is 1.78. The number of hydrogen-bond donors (Lipinski definition) is 2. The van der Waals surface area contributed by atoms with Crippen LogP contribution < -0.4 is 10.6 Å². The number of hydrogen-bond acceptors (Lipinski definition) is 5. The quantitative estimate of drug-likeness (QED) is 0.571. The van der Waals surface area contributed by atoms with E-state index in [2.05, 4.69) is 32.7 Å². The maximum absolute atomic E-state index is 12.0. The number of aliphatic imine (C=N–C) groups is 1. The van der Waals surface area contributed by atoms with Gasteiger partial charge in [0, 0.05) is 30.6 Å². The van der Waals surface area contributed by atoms with E-state index in [0.29, 0.717) is 13.1 Å². The third-order valence-corrected chi connectivity index (χ3v) is 5.95. The second-order valence-electron chi connectivity index (χ2n) is 8.37. The molecule has 162 valence electrons. The summed E-state index contributed by atoms with van der Waals surface area (Å²) in [5.41, 5.74) is 1.68. The topological polar surface area (TPSA) is 78.9 Å². The summed E-state index contributed by atoms with van der Waals surface area (Å²) >= 11 is 1.70. The van der Waals surface area contributed by atoms with Gasteiger partial charge in [0.1, 0.15) is 10.6 Å². The molecule has 1 aliphatic rings. The molecule has 1 atom stereocenters. The Labute approximate surface area is 182 Å². The summed E-state index contributed by atoms with van der Waals surface area (Å²) in [6.45, 7) is 9.84. The molecule has 1 aromatic heterocycles. The van der Waals surface area contributed by atoms with E-state index in [-0.39, 0.29) is 12.1 Å². The maximum Gasteiger partial charge on any atom is 0.407 e. The number of thiazole rings is 1. The third-order valence-electron chi connectivity index (χ3n) is 4.74. The lowest BCUT2D eigenvalue weighted by Crippen LogP contribution is -2.44. The maximum atomic E-state index is 12.0. The predicted octanol–water partition coefficient (Wildman–Crippen LogP) is 3.79. The summed E-state index contributed by atoms with van der Waals surface area (Å²) in [6, 6.07) is 10.3. The van der Waals surface area contributed by atoms with Crippen molar-refractivity contribution in [2.24, 2.45) is 4.99 Å². The molecule has 0 saturated carbocycles. The molecule has 0 aliphatic carbocycles. The minimum atomic E-state index is -0.495. The van der Waals surface area contributed by atoms with E-state index < -0.39 is 5.60 Å². The summed E-state index contributed by atoms with van der Waals surface area (Å²) in [5, 5.41) is 7.43. The van der Waals surface area contributed by atoms with Crippen LogP contribution in [0, 0.1) is 6.92 Å². The standard InChI is InChI=1S/C22H31N5O2S/c1-15-18(30-19(25-15)16-9-7-6-8-10-16)13-24-20(23-5)27-12-11-17(14-27)26-21(28)29-22(2,3)4/h6-10,17H,11-14H2,1-5H3,(H,23,24)(H,26,28). The Kier molecular flexibility index (Phi) is 6.97. The van der Waals surface area contributed by atoms with Crippen LogP contribution >= 0.6 is 11.3 Å². The monoisotopic (exact) mass is 429 g/mol. The summed E-state index contributed by atoms with van der Waals surface area (Å²) in [4.78, 5) is 24.5. The largest absolute Gasteiger partial charge is 0.444 e. The van der Waals surface area contributed by atoms with Gasteiger partial charge in [0.15, 0.2) is 5.96 Å². The van der Waals surface area contributed by atoms with Gasteiger partial charge in [0.25, 0.3) is 0 Å². The molecule has 0 radical (unpaired) electrons. The average Bonchev–Trinajstić information content (AvgIpc) is 3.28. The molecule has 1 amide bonds. The van der Waals surface area contributed by atoms with E-state index in [1.807, 2.05) is 45.9 Å². The highest BCUT2D eigenvalue weighted by Crippen LogP contribution is 2.27. The van der Waals surface area contributed by atoms with Crippen molar-refractivity contribution in [3.05, 3.63) is 40.9 Å². The van der Waals surface area contributed by atoms with E-state index >= 15 is 0 Å². The van der Waals surface area contributed by atoms with E-state index in [1.54, 1.807) is 18.4 Å². The van der Waals surface area contributed by atoms with Gasteiger partial charge < -0.3 is 20.3 Å². The highest BCUT2D eigenvalue weighted by atomic mass is 32.1. The number of rotatable bonds is 4. The van der Waals surface area contributed by atoms with Crippen molar-refractivity contribution < 1.29 is 9.53 Å². The molecule has 1 saturated heterocycles. The first-order valence-corrected chi connectivity index (χ1v) is 11.0. The summed E-state index contributed by atoms with van der Waals surface area (Å²) < 4.78 is 5.36. The van der Waals surface area contributed by atoms with Gasteiger partial charge in [-0.3, -0.25) is 4.99 Å². The Hall–Kier alpha value is -2.61. The minimum Gasteiger partial charge on any atom is -0.444 e. The normalized spacial score (nSPS) is 17.2.